The number of hydrogen-bond acceptors (Lipinski definition) is 3. The Balaban J connectivity index is 2.32. The van der Waals surface area contributed by atoms with E-state index in [9.17, 15) is 4.79 Å². The van der Waals surface area contributed by atoms with Crippen molar-refractivity contribution in [2.45, 2.75) is 45.9 Å². The topological polar surface area (TPSA) is 61.4 Å². The van der Waals surface area contributed by atoms with Crippen molar-refractivity contribution in [2.75, 3.05) is 6.54 Å². The van der Waals surface area contributed by atoms with E-state index in [1.54, 1.807) is 0 Å². The van der Waals surface area contributed by atoms with Gasteiger partial charge in [0.1, 0.15) is 0 Å². The largest absolute Gasteiger partial charge is 0.392 e. The summed E-state index contributed by atoms with van der Waals surface area (Å²) in [5, 5.41) is 15.0. The molecule has 0 fully saturated rings. The van der Waals surface area contributed by atoms with Crippen molar-refractivity contribution in [1.29, 1.82) is 0 Å². The van der Waals surface area contributed by atoms with Gasteiger partial charge in [-0.15, -0.1) is 0 Å². The number of rotatable bonds is 8. The van der Waals surface area contributed by atoms with Gasteiger partial charge in [-0.05, 0) is 24.5 Å². The van der Waals surface area contributed by atoms with E-state index in [0.717, 1.165) is 30.5 Å². The molecule has 4 heteroatoms. The minimum Gasteiger partial charge on any atom is -0.392 e. The number of unbranched alkanes of at least 4 members (excludes halogenated alkanes) is 1. The van der Waals surface area contributed by atoms with Crippen molar-refractivity contribution in [1.82, 2.24) is 10.6 Å². The van der Waals surface area contributed by atoms with Gasteiger partial charge in [0.2, 0.25) is 5.91 Å². The Hall–Kier alpha value is -1.39. The maximum absolute atomic E-state index is 11.7. The van der Waals surface area contributed by atoms with Crippen molar-refractivity contribution in [3.05, 3.63) is 35.4 Å². The third-order valence-corrected chi connectivity index (χ3v) is 3.04. The number of hydrogen-bond donors (Lipinski definition) is 3. The highest BCUT2D eigenvalue weighted by atomic mass is 16.3. The van der Waals surface area contributed by atoms with E-state index in [0.29, 0.717) is 6.54 Å². The highest BCUT2D eigenvalue weighted by molar-refractivity contribution is 5.81. The second-order valence-electron chi connectivity index (χ2n) is 4.72. The van der Waals surface area contributed by atoms with Crippen molar-refractivity contribution in [2.24, 2.45) is 0 Å². The van der Waals surface area contributed by atoms with Crippen LogP contribution in [0.5, 0.6) is 0 Å². The first-order valence-corrected chi connectivity index (χ1v) is 6.87. The van der Waals surface area contributed by atoms with Gasteiger partial charge in [0, 0.05) is 13.1 Å². The first kappa shape index (κ1) is 15.7. The van der Waals surface area contributed by atoms with Gasteiger partial charge in [0.05, 0.1) is 12.6 Å². The molecule has 4 nitrogen and oxygen atoms in total. The predicted octanol–water partition coefficient (Wildman–Crippen LogP) is 1.57. The number of carbonyl (C=O) groups is 1. The summed E-state index contributed by atoms with van der Waals surface area (Å²) in [7, 11) is 0. The number of benzene rings is 1. The van der Waals surface area contributed by atoms with Crippen LogP contribution >= 0.6 is 0 Å². The molecule has 0 heterocycles. The fourth-order valence-corrected chi connectivity index (χ4v) is 1.67. The molecule has 1 unspecified atom stereocenters. The van der Waals surface area contributed by atoms with Gasteiger partial charge in [0.25, 0.3) is 0 Å². The molecule has 1 aromatic carbocycles. The summed E-state index contributed by atoms with van der Waals surface area (Å²) in [4.78, 5) is 11.7. The van der Waals surface area contributed by atoms with E-state index in [4.69, 9.17) is 5.11 Å². The molecule has 1 atom stereocenters. The van der Waals surface area contributed by atoms with Crippen LogP contribution in [-0.2, 0) is 17.9 Å². The summed E-state index contributed by atoms with van der Waals surface area (Å²) in [5.74, 6) is 0.0421. The van der Waals surface area contributed by atoms with Crippen molar-refractivity contribution in [3.63, 3.8) is 0 Å². The fraction of sp³-hybridized carbons (Fsp3) is 0.533. The van der Waals surface area contributed by atoms with E-state index in [1.165, 1.54) is 0 Å². The Bertz CT molecular complexity index is 376. The second kappa shape index (κ2) is 8.67. The third-order valence-electron chi connectivity index (χ3n) is 3.04. The molecule has 0 aliphatic rings. The molecular weight excluding hydrogens is 240 g/mol. The van der Waals surface area contributed by atoms with Gasteiger partial charge in [-0.1, -0.05) is 37.6 Å². The van der Waals surface area contributed by atoms with Crippen LogP contribution in [0.3, 0.4) is 0 Å². The Labute approximate surface area is 115 Å². The lowest BCUT2D eigenvalue weighted by Crippen LogP contribution is -2.42. The average Bonchev–Trinajstić information content (AvgIpc) is 2.45. The smallest absolute Gasteiger partial charge is 0.236 e. The number of aliphatic hydroxyl groups excluding tert-OH is 1. The van der Waals surface area contributed by atoms with Gasteiger partial charge in [-0.2, -0.15) is 0 Å². The summed E-state index contributed by atoms with van der Waals surface area (Å²) in [6.07, 6.45) is 2.10. The van der Waals surface area contributed by atoms with E-state index >= 15 is 0 Å². The summed E-state index contributed by atoms with van der Waals surface area (Å²) < 4.78 is 0. The van der Waals surface area contributed by atoms with E-state index in [2.05, 4.69) is 17.6 Å². The summed E-state index contributed by atoms with van der Waals surface area (Å²) in [6, 6.07) is 7.50. The van der Waals surface area contributed by atoms with Crippen LogP contribution in [-0.4, -0.2) is 23.6 Å². The van der Waals surface area contributed by atoms with Gasteiger partial charge in [-0.25, -0.2) is 0 Å². The fourth-order valence-electron chi connectivity index (χ4n) is 1.67. The monoisotopic (exact) mass is 264 g/mol. The first-order chi connectivity index (χ1) is 9.17. The molecule has 1 aromatic rings. The minimum atomic E-state index is -0.200. The molecule has 0 aliphatic carbocycles. The lowest BCUT2D eigenvalue weighted by Gasteiger charge is -2.14. The predicted molar refractivity (Wildman–Crippen MR) is 76.6 cm³/mol. The van der Waals surface area contributed by atoms with Crippen LogP contribution in [0.25, 0.3) is 0 Å². The van der Waals surface area contributed by atoms with Gasteiger partial charge >= 0.3 is 0 Å². The zero-order valence-corrected chi connectivity index (χ0v) is 11.8. The molecule has 0 bridgehead atoms. The second-order valence-corrected chi connectivity index (χ2v) is 4.72. The van der Waals surface area contributed by atoms with Gasteiger partial charge in [0.15, 0.2) is 0 Å². The van der Waals surface area contributed by atoms with Crippen molar-refractivity contribution < 1.29 is 9.90 Å². The van der Waals surface area contributed by atoms with Crippen LogP contribution in [0.15, 0.2) is 24.3 Å². The SMILES string of the molecule is CCCCNC(=O)C(C)NCc1ccc(CO)cc1. The highest BCUT2D eigenvalue weighted by Gasteiger charge is 2.10. The van der Waals surface area contributed by atoms with E-state index in [1.807, 2.05) is 31.2 Å². The Morgan fingerprint density at radius 1 is 1.26 bits per heavy atom. The lowest BCUT2D eigenvalue weighted by atomic mass is 10.1. The van der Waals surface area contributed by atoms with Crippen LogP contribution < -0.4 is 10.6 Å². The summed E-state index contributed by atoms with van der Waals surface area (Å²) in [6.45, 7) is 5.41. The zero-order chi connectivity index (χ0) is 14.1. The van der Waals surface area contributed by atoms with E-state index in [-0.39, 0.29) is 18.6 Å². The molecule has 0 spiro atoms. The van der Waals surface area contributed by atoms with Crippen LogP contribution in [0, 0.1) is 0 Å². The van der Waals surface area contributed by atoms with Crippen LogP contribution in [0.2, 0.25) is 0 Å². The van der Waals surface area contributed by atoms with Crippen molar-refractivity contribution >= 4 is 5.91 Å². The quantitative estimate of drug-likeness (QED) is 0.625. The van der Waals surface area contributed by atoms with E-state index < -0.39 is 0 Å². The zero-order valence-electron chi connectivity index (χ0n) is 11.8. The minimum absolute atomic E-state index is 0.0421. The maximum atomic E-state index is 11.7. The molecule has 1 rings (SSSR count). The number of nitrogens with one attached hydrogen (secondary N) is 2. The Morgan fingerprint density at radius 3 is 2.47 bits per heavy atom. The lowest BCUT2D eigenvalue weighted by molar-refractivity contribution is -0.122. The number of aliphatic hydroxyl groups is 1. The van der Waals surface area contributed by atoms with Gasteiger partial charge in [-0.3, -0.25) is 4.79 Å². The molecule has 3 N–H and O–H groups in total. The Morgan fingerprint density at radius 2 is 1.89 bits per heavy atom. The number of amides is 1. The molecule has 106 valence electrons. The summed E-state index contributed by atoms with van der Waals surface area (Å²) >= 11 is 0. The van der Waals surface area contributed by atoms with Crippen molar-refractivity contribution in [3.8, 4) is 0 Å². The highest BCUT2D eigenvalue weighted by Crippen LogP contribution is 2.04. The maximum Gasteiger partial charge on any atom is 0.236 e. The molecule has 1 amide bonds. The third kappa shape index (κ3) is 5.85. The Kier molecular flexibility index (Phi) is 7.15. The molecule has 19 heavy (non-hydrogen) atoms. The molecular formula is C15H24N2O2. The van der Waals surface area contributed by atoms with Gasteiger partial charge < -0.3 is 15.7 Å². The molecule has 0 aliphatic heterocycles. The molecule has 0 saturated heterocycles. The van der Waals surface area contributed by atoms with Crippen LogP contribution in [0.4, 0.5) is 0 Å². The van der Waals surface area contributed by atoms with Crippen LogP contribution in [0.1, 0.15) is 37.8 Å². The first-order valence-electron chi connectivity index (χ1n) is 6.87. The molecule has 0 aromatic heterocycles. The standard InChI is InChI=1S/C15H24N2O2/c1-3-4-9-16-15(19)12(2)17-10-13-5-7-14(11-18)8-6-13/h5-8,12,17-18H,3-4,9-11H2,1-2H3,(H,16,19). The number of carbonyl (C=O) groups excluding carboxylic acids is 1. The summed E-state index contributed by atoms with van der Waals surface area (Å²) in [5.41, 5.74) is 2.00. The molecule has 0 saturated carbocycles. The normalized spacial score (nSPS) is 12.2. The molecule has 0 radical (unpaired) electrons. The average molecular weight is 264 g/mol.